The summed E-state index contributed by atoms with van der Waals surface area (Å²) in [5.41, 5.74) is 9.39. The van der Waals surface area contributed by atoms with Crippen LogP contribution in [0.2, 0.25) is 5.02 Å². The van der Waals surface area contributed by atoms with Crippen molar-refractivity contribution in [2.45, 2.75) is 39.2 Å². The molecule has 0 aliphatic carbocycles. The average molecular weight is 270 g/mol. The second kappa shape index (κ2) is 6.76. The first-order chi connectivity index (χ1) is 8.45. The van der Waals surface area contributed by atoms with Gasteiger partial charge in [0.2, 0.25) is 0 Å². The van der Waals surface area contributed by atoms with E-state index in [0.29, 0.717) is 17.9 Å². The van der Waals surface area contributed by atoms with Gasteiger partial charge in [0.25, 0.3) is 0 Å². The average Bonchev–Trinajstić information content (AvgIpc) is 2.33. The maximum atomic E-state index is 11.0. The fraction of sp³-hybridized carbons (Fsp3) is 0.500. The van der Waals surface area contributed by atoms with Crippen LogP contribution in [0.3, 0.4) is 0 Å². The molecule has 100 valence electrons. The number of carbonyl (C=O) groups excluding carboxylic acids is 1. The van der Waals surface area contributed by atoms with Crippen LogP contribution in [0, 0.1) is 13.8 Å². The van der Waals surface area contributed by atoms with E-state index in [2.05, 4.69) is 4.74 Å². The van der Waals surface area contributed by atoms with Crippen LogP contribution in [-0.2, 0) is 9.53 Å². The summed E-state index contributed by atoms with van der Waals surface area (Å²) in [6.45, 7) is 4.06. The first kappa shape index (κ1) is 15.0. The maximum Gasteiger partial charge on any atom is 0.305 e. The molecule has 0 radical (unpaired) electrons. The molecule has 1 atom stereocenters. The highest BCUT2D eigenvalue weighted by atomic mass is 35.5. The number of esters is 1. The molecule has 2 N–H and O–H groups in total. The zero-order valence-electron chi connectivity index (χ0n) is 11.1. The molecule has 0 fully saturated rings. The summed E-state index contributed by atoms with van der Waals surface area (Å²) in [5, 5.41) is 0.698. The van der Waals surface area contributed by atoms with Crippen LogP contribution >= 0.6 is 11.6 Å². The van der Waals surface area contributed by atoms with Crippen LogP contribution in [0.4, 0.5) is 0 Å². The summed E-state index contributed by atoms with van der Waals surface area (Å²) in [4.78, 5) is 11.0. The van der Waals surface area contributed by atoms with Gasteiger partial charge in [0.05, 0.1) is 7.11 Å². The van der Waals surface area contributed by atoms with E-state index >= 15 is 0 Å². The molecule has 0 spiro atoms. The minimum atomic E-state index is -0.201. The van der Waals surface area contributed by atoms with E-state index in [9.17, 15) is 4.79 Å². The summed E-state index contributed by atoms with van der Waals surface area (Å²) in [6.07, 6.45) is 1.82. The molecular weight excluding hydrogens is 250 g/mol. The number of carbonyl (C=O) groups is 1. The van der Waals surface area contributed by atoms with Crippen molar-refractivity contribution in [3.63, 3.8) is 0 Å². The molecule has 1 unspecified atom stereocenters. The van der Waals surface area contributed by atoms with E-state index in [1.165, 1.54) is 12.7 Å². The maximum absolute atomic E-state index is 11.0. The molecule has 4 heteroatoms. The van der Waals surface area contributed by atoms with Crippen LogP contribution in [0.25, 0.3) is 0 Å². The molecule has 1 aromatic carbocycles. The van der Waals surface area contributed by atoms with E-state index in [4.69, 9.17) is 17.3 Å². The monoisotopic (exact) mass is 269 g/mol. The first-order valence-corrected chi connectivity index (χ1v) is 6.42. The minimum absolute atomic E-state index is 0.138. The van der Waals surface area contributed by atoms with E-state index in [0.717, 1.165) is 17.5 Å². The van der Waals surface area contributed by atoms with Gasteiger partial charge in [-0.2, -0.15) is 0 Å². The Morgan fingerprint density at radius 3 is 2.61 bits per heavy atom. The second-order valence-corrected chi connectivity index (χ2v) is 4.94. The number of halogens is 1. The van der Waals surface area contributed by atoms with Crippen molar-refractivity contribution < 1.29 is 9.53 Å². The third-order valence-electron chi connectivity index (χ3n) is 3.14. The van der Waals surface area contributed by atoms with E-state index < -0.39 is 0 Å². The van der Waals surface area contributed by atoms with Gasteiger partial charge in [0, 0.05) is 17.5 Å². The van der Waals surface area contributed by atoms with Gasteiger partial charge in [-0.1, -0.05) is 17.7 Å². The van der Waals surface area contributed by atoms with E-state index in [-0.39, 0.29) is 12.0 Å². The molecule has 0 aliphatic heterocycles. The number of methoxy groups -OCH3 is 1. The van der Waals surface area contributed by atoms with Crippen molar-refractivity contribution in [3.05, 3.63) is 33.8 Å². The summed E-state index contributed by atoms with van der Waals surface area (Å²) >= 11 is 6.19. The molecule has 0 amide bonds. The highest BCUT2D eigenvalue weighted by molar-refractivity contribution is 6.31. The molecule has 0 bridgehead atoms. The number of aryl methyl sites for hydroxylation is 2. The molecule has 0 saturated heterocycles. The zero-order chi connectivity index (χ0) is 13.7. The van der Waals surface area contributed by atoms with Crippen LogP contribution < -0.4 is 5.73 Å². The fourth-order valence-corrected chi connectivity index (χ4v) is 2.17. The van der Waals surface area contributed by atoms with Gasteiger partial charge in [-0.25, -0.2) is 0 Å². The van der Waals surface area contributed by atoms with Crippen molar-refractivity contribution >= 4 is 17.6 Å². The predicted octanol–water partition coefficient (Wildman–Crippen LogP) is 3.30. The Morgan fingerprint density at radius 1 is 1.39 bits per heavy atom. The van der Waals surface area contributed by atoms with Gasteiger partial charge in [-0.05, 0) is 49.4 Å². The van der Waals surface area contributed by atoms with Gasteiger partial charge < -0.3 is 10.5 Å². The summed E-state index contributed by atoms with van der Waals surface area (Å²) < 4.78 is 4.59. The number of rotatable bonds is 5. The molecule has 0 heterocycles. The van der Waals surface area contributed by atoms with Crippen LogP contribution in [0.15, 0.2) is 12.1 Å². The smallest absolute Gasteiger partial charge is 0.305 e. The molecule has 0 aromatic heterocycles. The fourth-order valence-electron chi connectivity index (χ4n) is 1.81. The molecule has 1 rings (SSSR count). The lowest BCUT2D eigenvalue weighted by Gasteiger charge is -2.15. The highest BCUT2D eigenvalue weighted by Gasteiger charge is 2.12. The van der Waals surface area contributed by atoms with Crippen molar-refractivity contribution in [1.29, 1.82) is 0 Å². The molecule has 0 aliphatic rings. The van der Waals surface area contributed by atoms with Gasteiger partial charge in [0.15, 0.2) is 0 Å². The SMILES string of the molecule is COC(=O)CCCC(N)c1cc(C)c(C)cc1Cl. The number of benzene rings is 1. The molecular formula is C14H20ClNO2. The Hall–Kier alpha value is -1.06. The van der Waals surface area contributed by atoms with Crippen LogP contribution in [0.1, 0.15) is 42.0 Å². The Kier molecular flexibility index (Phi) is 5.63. The lowest BCUT2D eigenvalue weighted by Crippen LogP contribution is -2.12. The van der Waals surface area contributed by atoms with Gasteiger partial charge in [-0.15, -0.1) is 0 Å². The summed E-state index contributed by atoms with van der Waals surface area (Å²) in [7, 11) is 1.39. The molecule has 1 aromatic rings. The predicted molar refractivity (Wildman–Crippen MR) is 73.7 cm³/mol. The van der Waals surface area contributed by atoms with Gasteiger partial charge in [-0.3, -0.25) is 4.79 Å². The van der Waals surface area contributed by atoms with Crippen LogP contribution in [0.5, 0.6) is 0 Å². The number of hydrogen-bond donors (Lipinski definition) is 1. The zero-order valence-corrected chi connectivity index (χ0v) is 11.9. The largest absolute Gasteiger partial charge is 0.469 e. The lowest BCUT2D eigenvalue weighted by atomic mass is 9.98. The Bertz CT molecular complexity index is 432. The number of hydrogen-bond acceptors (Lipinski definition) is 3. The molecule has 18 heavy (non-hydrogen) atoms. The molecule has 0 saturated carbocycles. The Labute approximate surface area is 113 Å². The summed E-state index contributed by atoms with van der Waals surface area (Å²) in [6, 6.07) is 3.83. The lowest BCUT2D eigenvalue weighted by molar-refractivity contribution is -0.140. The van der Waals surface area contributed by atoms with Crippen molar-refractivity contribution in [2.75, 3.05) is 7.11 Å². The third kappa shape index (κ3) is 4.00. The van der Waals surface area contributed by atoms with Crippen molar-refractivity contribution in [3.8, 4) is 0 Å². The van der Waals surface area contributed by atoms with Gasteiger partial charge >= 0.3 is 5.97 Å². The normalized spacial score (nSPS) is 12.3. The van der Waals surface area contributed by atoms with Gasteiger partial charge in [0.1, 0.15) is 0 Å². The van der Waals surface area contributed by atoms with Crippen molar-refractivity contribution in [2.24, 2.45) is 5.73 Å². The second-order valence-electron chi connectivity index (χ2n) is 4.53. The number of ether oxygens (including phenoxy) is 1. The quantitative estimate of drug-likeness (QED) is 0.835. The standard InChI is InChI=1S/C14H20ClNO2/c1-9-7-11(12(15)8-10(9)2)13(16)5-4-6-14(17)18-3/h7-8,13H,4-6,16H2,1-3H3. The minimum Gasteiger partial charge on any atom is -0.469 e. The third-order valence-corrected chi connectivity index (χ3v) is 3.46. The van der Waals surface area contributed by atoms with E-state index in [1.807, 2.05) is 26.0 Å². The van der Waals surface area contributed by atoms with E-state index in [1.54, 1.807) is 0 Å². The highest BCUT2D eigenvalue weighted by Crippen LogP contribution is 2.27. The summed E-state index contributed by atoms with van der Waals surface area (Å²) in [5.74, 6) is -0.201. The Morgan fingerprint density at radius 2 is 2.00 bits per heavy atom. The topological polar surface area (TPSA) is 52.3 Å². The van der Waals surface area contributed by atoms with Crippen molar-refractivity contribution in [1.82, 2.24) is 0 Å². The van der Waals surface area contributed by atoms with Crippen LogP contribution in [-0.4, -0.2) is 13.1 Å². The number of nitrogens with two attached hydrogens (primary N) is 1. The Balaban J connectivity index is 2.64. The molecule has 3 nitrogen and oxygen atoms in total. The first-order valence-electron chi connectivity index (χ1n) is 6.04.